The molecule has 0 aromatic heterocycles. The maximum Gasteiger partial charge on any atom is 0.326 e. The minimum Gasteiger partial charge on any atom is -0.480 e. The van der Waals surface area contributed by atoms with Crippen LogP contribution in [0.4, 0.5) is 0 Å². The second kappa shape index (κ2) is 9.87. The number of hydrogen-bond acceptors (Lipinski definition) is 6. The molecule has 2 aliphatic rings. The lowest BCUT2D eigenvalue weighted by atomic mass is 10.1. The smallest absolute Gasteiger partial charge is 0.326 e. The van der Waals surface area contributed by atoms with Gasteiger partial charge in [-0.3, -0.25) is 19.3 Å². The summed E-state index contributed by atoms with van der Waals surface area (Å²) < 4.78 is 0. The zero-order valence-corrected chi connectivity index (χ0v) is 18.7. The predicted octanol–water partition coefficient (Wildman–Crippen LogP) is 2.35. The van der Waals surface area contributed by atoms with E-state index >= 15 is 0 Å². The summed E-state index contributed by atoms with van der Waals surface area (Å²) in [4.78, 5) is 52.6. The summed E-state index contributed by atoms with van der Waals surface area (Å²) in [6.45, 7) is 4.26. The molecule has 0 radical (unpaired) electrons. The second-order valence-corrected chi connectivity index (χ2v) is 10.1. The Bertz CT molecular complexity index is 819. The van der Waals surface area contributed by atoms with Gasteiger partial charge < -0.3 is 10.0 Å². The molecule has 162 valence electrons. The van der Waals surface area contributed by atoms with E-state index in [9.17, 15) is 24.3 Å². The van der Waals surface area contributed by atoms with Gasteiger partial charge in [-0.15, -0.1) is 23.5 Å². The molecule has 2 saturated heterocycles. The fraction of sp³-hybridized carbons (Fsp3) is 0.524. The van der Waals surface area contributed by atoms with Crippen LogP contribution >= 0.6 is 23.5 Å². The first-order valence-corrected chi connectivity index (χ1v) is 12.0. The number of rotatable bonds is 8. The monoisotopic (exact) mass is 450 g/mol. The number of thioether (sulfide) groups is 2. The molecule has 0 spiro atoms. The van der Waals surface area contributed by atoms with Crippen molar-refractivity contribution in [1.82, 2.24) is 9.80 Å². The average Bonchev–Trinajstić information content (AvgIpc) is 3.26. The van der Waals surface area contributed by atoms with Crippen molar-refractivity contribution < 1.29 is 24.3 Å². The summed E-state index contributed by atoms with van der Waals surface area (Å²) in [5.74, 6) is -1.64. The zero-order valence-electron chi connectivity index (χ0n) is 17.0. The molecule has 2 heterocycles. The highest BCUT2D eigenvalue weighted by atomic mass is 32.2. The molecule has 0 saturated carbocycles. The lowest BCUT2D eigenvalue weighted by Gasteiger charge is -2.25. The number of nitrogens with zero attached hydrogens (tertiary/aromatic N) is 2. The zero-order chi connectivity index (χ0) is 21.8. The van der Waals surface area contributed by atoms with Gasteiger partial charge >= 0.3 is 5.97 Å². The van der Waals surface area contributed by atoms with E-state index in [-0.39, 0.29) is 29.4 Å². The van der Waals surface area contributed by atoms with Crippen molar-refractivity contribution in [3.05, 3.63) is 30.3 Å². The van der Waals surface area contributed by atoms with Crippen LogP contribution in [0.15, 0.2) is 35.2 Å². The molecular weight excluding hydrogens is 424 g/mol. The third kappa shape index (κ3) is 5.00. The van der Waals surface area contributed by atoms with Crippen molar-refractivity contribution in [2.24, 2.45) is 5.92 Å². The predicted molar refractivity (Wildman–Crippen MR) is 116 cm³/mol. The van der Waals surface area contributed by atoms with Crippen molar-refractivity contribution in [2.45, 2.75) is 48.1 Å². The molecule has 7 nitrogen and oxygen atoms in total. The number of carbonyl (C=O) groups excluding carboxylic acids is 3. The molecule has 2 aliphatic heterocycles. The number of hydrogen-bond donors (Lipinski definition) is 1. The number of aliphatic carboxylic acids is 1. The van der Waals surface area contributed by atoms with Gasteiger partial charge in [0.05, 0.1) is 5.25 Å². The molecule has 1 aromatic rings. The molecule has 3 amide bonds. The molecule has 30 heavy (non-hydrogen) atoms. The summed E-state index contributed by atoms with van der Waals surface area (Å²) in [6, 6.07) is 8.91. The Labute approximate surface area is 184 Å². The molecular formula is C21H26N2O5S2. The maximum atomic E-state index is 13.0. The molecule has 0 aliphatic carbocycles. The van der Waals surface area contributed by atoms with Gasteiger partial charge in [0.2, 0.25) is 17.7 Å². The van der Waals surface area contributed by atoms with E-state index in [0.717, 1.165) is 4.90 Å². The summed E-state index contributed by atoms with van der Waals surface area (Å²) in [5.41, 5.74) is 0. The van der Waals surface area contributed by atoms with Gasteiger partial charge in [0, 0.05) is 41.3 Å². The Morgan fingerprint density at radius 3 is 2.53 bits per heavy atom. The minimum absolute atomic E-state index is 0.0180. The fourth-order valence-electron chi connectivity index (χ4n) is 3.78. The normalized spacial score (nSPS) is 25.1. The van der Waals surface area contributed by atoms with Gasteiger partial charge in [0.1, 0.15) is 6.04 Å². The lowest BCUT2D eigenvalue weighted by Crippen LogP contribution is -2.43. The fourth-order valence-corrected chi connectivity index (χ4v) is 6.19. The summed E-state index contributed by atoms with van der Waals surface area (Å²) >= 11 is 2.90. The molecule has 4 atom stereocenters. The van der Waals surface area contributed by atoms with E-state index in [1.54, 1.807) is 25.6 Å². The highest BCUT2D eigenvalue weighted by Gasteiger charge is 2.42. The van der Waals surface area contributed by atoms with Crippen LogP contribution in [0.2, 0.25) is 0 Å². The Balaban J connectivity index is 1.59. The number of carboxylic acid groups (broad SMARTS) is 1. The van der Waals surface area contributed by atoms with Crippen LogP contribution in [-0.2, 0) is 19.2 Å². The summed E-state index contributed by atoms with van der Waals surface area (Å²) in [7, 11) is 0. The SMILES string of the molecule is CCN1C(=O)C[C@@H](SC[C@@H](C)C(=O)N2C[C@@H](Sc3ccccc3)C[C@H]2C(=O)O)C1=O. The van der Waals surface area contributed by atoms with Crippen molar-refractivity contribution in [3.8, 4) is 0 Å². The van der Waals surface area contributed by atoms with Gasteiger partial charge in [-0.05, 0) is 25.5 Å². The highest BCUT2D eigenvalue weighted by molar-refractivity contribution is 8.00. The van der Waals surface area contributed by atoms with E-state index in [2.05, 4.69) is 0 Å². The minimum atomic E-state index is -0.991. The molecule has 0 bridgehead atoms. The number of imide groups is 1. The highest BCUT2D eigenvalue weighted by Crippen LogP contribution is 2.34. The molecule has 1 N–H and O–H groups in total. The molecule has 9 heteroatoms. The maximum absolute atomic E-state index is 13.0. The van der Waals surface area contributed by atoms with Gasteiger partial charge in [0.25, 0.3) is 0 Å². The van der Waals surface area contributed by atoms with Crippen LogP contribution in [0.25, 0.3) is 0 Å². The van der Waals surface area contributed by atoms with E-state index in [1.165, 1.54) is 21.6 Å². The average molecular weight is 451 g/mol. The first-order chi connectivity index (χ1) is 14.3. The summed E-state index contributed by atoms with van der Waals surface area (Å²) in [5, 5.41) is 9.19. The first kappa shape index (κ1) is 22.7. The number of benzene rings is 1. The van der Waals surface area contributed by atoms with E-state index in [1.807, 2.05) is 30.3 Å². The topological polar surface area (TPSA) is 95.0 Å². The molecule has 1 aromatic carbocycles. The second-order valence-electron chi connectivity index (χ2n) is 7.54. The van der Waals surface area contributed by atoms with Crippen LogP contribution in [-0.4, -0.2) is 74.0 Å². The molecule has 3 rings (SSSR count). The van der Waals surface area contributed by atoms with Crippen LogP contribution < -0.4 is 0 Å². The number of carboxylic acids is 1. The van der Waals surface area contributed by atoms with Crippen molar-refractivity contribution in [2.75, 3.05) is 18.8 Å². The van der Waals surface area contributed by atoms with Crippen molar-refractivity contribution in [3.63, 3.8) is 0 Å². The third-order valence-electron chi connectivity index (χ3n) is 5.36. The lowest BCUT2D eigenvalue weighted by molar-refractivity contribution is -0.149. The van der Waals surface area contributed by atoms with E-state index < -0.39 is 23.2 Å². The Morgan fingerprint density at radius 2 is 1.93 bits per heavy atom. The number of carbonyl (C=O) groups is 4. The Hall–Kier alpha value is -2.00. The van der Waals surface area contributed by atoms with Crippen LogP contribution in [0, 0.1) is 5.92 Å². The summed E-state index contributed by atoms with van der Waals surface area (Å²) in [6.07, 6.45) is 0.567. The van der Waals surface area contributed by atoms with Gasteiger partial charge in [-0.25, -0.2) is 4.79 Å². The van der Waals surface area contributed by atoms with E-state index in [4.69, 9.17) is 0 Å². The number of likely N-dealkylation sites (tertiary alicyclic amines) is 2. The van der Waals surface area contributed by atoms with Crippen molar-refractivity contribution in [1.29, 1.82) is 0 Å². The molecule has 2 fully saturated rings. The van der Waals surface area contributed by atoms with Crippen LogP contribution in [0.5, 0.6) is 0 Å². The van der Waals surface area contributed by atoms with Crippen LogP contribution in [0.1, 0.15) is 26.7 Å². The van der Waals surface area contributed by atoms with Crippen LogP contribution in [0.3, 0.4) is 0 Å². The molecule has 0 unspecified atom stereocenters. The number of amides is 3. The quantitative estimate of drug-likeness (QED) is 0.608. The Kier molecular flexibility index (Phi) is 7.46. The van der Waals surface area contributed by atoms with E-state index in [0.29, 0.717) is 25.3 Å². The van der Waals surface area contributed by atoms with Gasteiger partial charge in [-0.2, -0.15) is 0 Å². The van der Waals surface area contributed by atoms with Crippen molar-refractivity contribution >= 4 is 47.2 Å². The van der Waals surface area contributed by atoms with Gasteiger partial charge in [0.15, 0.2) is 0 Å². The third-order valence-corrected chi connectivity index (χ3v) is 8.05. The standard InChI is InChI=1S/C21H26N2O5S2/c1-3-22-18(24)10-17(20(22)26)29-12-13(2)19(25)23-11-15(9-16(23)21(27)28)30-14-7-5-4-6-8-14/h4-8,13,15-17H,3,9-12H2,1-2H3,(H,27,28)/t13-,15+,16+,17-/m1/s1. The first-order valence-electron chi connectivity index (χ1n) is 10.0. The van der Waals surface area contributed by atoms with Gasteiger partial charge in [-0.1, -0.05) is 25.1 Å². The largest absolute Gasteiger partial charge is 0.480 e. The Morgan fingerprint density at radius 1 is 1.23 bits per heavy atom.